The summed E-state index contributed by atoms with van der Waals surface area (Å²) in [6.45, 7) is 4.67. The van der Waals surface area contributed by atoms with E-state index < -0.39 is 23.3 Å². The lowest BCUT2D eigenvalue weighted by molar-refractivity contribution is -0.0168. The SMILES string of the molecule is CC=CC1CCC(C2CCC(CCc3ccc(-c4ccc(OCC)c(F)c4F)c(F)c3F)CC2)CO1. The second-order valence-corrected chi connectivity index (χ2v) is 10.1. The van der Waals surface area contributed by atoms with E-state index in [1.54, 1.807) is 6.92 Å². The van der Waals surface area contributed by atoms with E-state index in [1.165, 1.54) is 30.7 Å². The Morgan fingerprint density at radius 2 is 1.50 bits per heavy atom. The van der Waals surface area contributed by atoms with Gasteiger partial charge < -0.3 is 9.47 Å². The second-order valence-electron chi connectivity index (χ2n) is 10.1. The molecule has 36 heavy (non-hydrogen) atoms. The molecule has 6 heteroatoms. The lowest BCUT2D eigenvalue weighted by Crippen LogP contribution is -2.31. The third kappa shape index (κ3) is 5.96. The van der Waals surface area contributed by atoms with Gasteiger partial charge in [0.2, 0.25) is 5.82 Å². The molecule has 2 aromatic rings. The molecule has 2 nitrogen and oxygen atoms in total. The zero-order valence-corrected chi connectivity index (χ0v) is 21.2. The van der Waals surface area contributed by atoms with E-state index in [2.05, 4.69) is 12.2 Å². The molecule has 1 saturated heterocycles. The summed E-state index contributed by atoms with van der Waals surface area (Å²) >= 11 is 0. The van der Waals surface area contributed by atoms with Gasteiger partial charge in [-0.05, 0) is 87.8 Å². The van der Waals surface area contributed by atoms with Gasteiger partial charge in [-0.2, -0.15) is 4.39 Å². The predicted molar refractivity (Wildman–Crippen MR) is 134 cm³/mol. The van der Waals surface area contributed by atoms with E-state index >= 15 is 0 Å². The predicted octanol–water partition coefficient (Wildman–Crippen LogP) is 8.42. The minimum Gasteiger partial charge on any atom is -0.491 e. The highest BCUT2D eigenvalue weighted by Gasteiger charge is 2.31. The molecule has 1 aliphatic carbocycles. The topological polar surface area (TPSA) is 18.5 Å². The minimum absolute atomic E-state index is 0.168. The maximum absolute atomic E-state index is 14.9. The van der Waals surface area contributed by atoms with Gasteiger partial charge in [0, 0.05) is 11.1 Å². The quantitative estimate of drug-likeness (QED) is 0.265. The molecule has 1 heterocycles. The van der Waals surface area contributed by atoms with Crippen molar-refractivity contribution >= 4 is 0 Å². The van der Waals surface area contributed by atoms with Crippen LogP contribution in [0, 0.1) is 41.0 Å². The molecule has 0 bridgehead atoms. The van der Waals surface area contributed by atoms with E-state index in [0.717, 1.165) is 45.1 Å². The van der Waals surface area contributed by atoms with Crippen molar-refractivity contribution in [3.05, 3.63) is 65.2 Å². The Balaban J connectivity index is 1.33. The van der Waals surface area contributed by atoms with Crippen molar-refractivity contribution in [2.75, 3.05) is 13.2 Å². The number of halogens is 4. The summed E-state index contributed by atoms with van der Waals surface area (Å²) in [5.41, 5.74) is -0.329. The number of hydrogen-bond donors (Lipinski definition) is 0. The van der Waals surface area contributed by atoms with Gasteiger partial charge in [-0.15, -0.1) is 0 Å². The molecule has 0 spiro atoms. The van der Waals surface area contributed by atoms with E-state index in [4.69, 9.17) is 9.47 Å². The molecule has 2 unspecified atom stereocenters. The number of benzene rings is 2. The largest absolute Gasteiger partial charge is 0.491 e. The fourth-order valence-electron chi connectivity index (χ4n) is 5.84. The van der Waals surface area contributed by atoms with Crippen molar-refractivity contribution in [2.45, 2.75) is 71.3 Å². The minimum atomic E-state index is -1.25. The molecular formula is C30H36F4O2. The van der Waals surface area contributed by atoms with Crippen molar-refractivity contribution in [1.29, 1.82) is 0 Å². The van der Waals surface area contributed by atoms with Crippen LogP contribution in [0.5, 0.6) is 5.75 Å². The zero-order chi connectivity index (χ0) is 25.7. The van der Waals surface area contributed by atoms with Crippen LogP contribution in [0.4, 0.5) is 17.6 Å². The summed E-state index contributed by atoms with van der Waals surface area (Å²) in [7, 11) is 0. The molecule has 2 atom stereocenters. The summed E-state index contributed by atoms with van der Waals surface area (Å²) in [5, 5.41) is 0. The lowest BCUT2D eigenvalue weighted by atomic mass is 9.72. The van der Waals surface area contributed by atoms with Crippen LogP contribution in [0.25, 0.3) is 11.1 Å². The molecule has 2 fully saturated rings. The van der Waals surface area contributed by atoms with Crippen molar-refractivity contribution in [3.8, 4) is 16.9 Å². The Morgan fingerprint density at radius 1 is 0.833 bits per heavy atom. The van der Waals surface area contributed by atoms with E-state index in [-0.39, 0.29) is 35.2 Å². The van der Waals surface area contributed by atoms with Crippen molar-refractivity contribution < 1.29 is 27.0 Å². The molecule has 0 radical (unpaired) electrons. The number of ether oxygens (including phenoxy) is 2. The third-order valence-electron chi connectivity index (χ3n) is 7.93. The Morgan fingerprint density at radius 3 is 2.14 bits per heavy atom. The highest BCUT2D eigenvalue weighted by Crippen LogP contribution is 2.39. The Hall–Kier alpha value is -2.34. The van der Waals surface area contributed by atoms with Crippen molar-refractivity contribution in [3.63, 3.8) is 0 Å². The van der Waals surface area contributed by atoms with Crippen molar-refractivity contribution in [1.82, 2.24) is 0 Å². The number of allylic oxidation sites excluding steroid dienone is 1. The molecule has 0 amide bonds. The van der Waals surface area contributed by atoms with Gasteiger partial charge in [0.25, 0.3) is 0 Å². The van der Waals surface area contributed by atoms with Gasteiger partial charge in [-0.3, -0.25) is 0 Å². The molecule has 196 valence electrons. The van der Waals surface area contributed by atoms with Crippen LogP contribution in [0.1, 0.15) is 64.4 Å². The maximum atomic E-state index is 14.9. The molecule has 2 aromatic carbocycles. The van der Waals surface area contributed by atoms with Crippen LogP contribution in [-0.2, 0) is 11.2 Å². The van der Waals surface area contributed by atoms with Crippen LogP contribution in [0.15, 0.2) is 36.4 Å². The first-order chi connectivity index (χ1) is 17.4. The molecule has 1 saturated carbocycles. The third-order valence-corrected chi connectivity index (χ3v) is 7.93. The summed E-state index contributed by atoms with van der Waals surface area (Å²) < 4.78 is 69.6. The number of aryl methyl sites for hydroxylation is 1. The standard InChI is InChI=1S/C30H36F4O2/c1-3-5-23-14-12-22(18-36-23)20-9-6-19(7-10-20)8-11-21-13-15-24(28(32)27(21)31)25-16-17-26(35-4-2)30(34)29(25)33/h3,5,13,15-17,19-20,22-23H,4,6-12,14,18H2,1-2H3. The molecule has 4 rings (SSSR count). The normalized spacial score (nSPS) is 24.8. The van der Waals surface area contributed by atoms with Crippen LogP contribution in [-0.4, -0.2) is 19.3 Å². The van der Waals surface area contributed by atoms with Gasteiger partial charge in [0.1, 0.15) is 0 Å². The van der Waals surface area contributed by atoms with Gasteiger partial charge in [0.15, 0.2) is 23.2 Å². The first-order valence-corrected chi connectivity index (χ1v) is 13.2. The average Bonchev–Trinajstić information content (AvgIpc) is 2.89. The summed E-state index contributed by atoms with van der Waals surface area (Å²) in [4.78, 5) is 0. The van der Waals surface area contributed by atoms with Gasteiger partial charge in [-0.25, -0.2) is 13.2 Å². The maximum Gasteiger partial charge on any atom is 0.201 e. The van der Waals surface area contributed by atoms with E-state index in [1.807, 2.05) is 6.92 Å². The number of hydrogen-bond acceptors (Lipinski definition) is 2. The highest BCUT2D eigenvalue weighted by atomic mass is 19.2. The molecule has 0 N–H and O–H groups in total. The van der Waals surface area contributed by atoms with Gasteiger partial charge in [-0.1, -0.05) is 37.1 Å². The Labute approximate surface area is 211 Å². The van der Waals surface area contributed by atoms with Crippen LogP contribution >= 0.6 is 0 Å². The Bertz CT molecular complexity index is 1050. The zero-order valence-electron chi connectivity index (χ0n) is 21.2. The molecular weight excluding hydrogens is 468 g/mol. The van der Waals surface area contributed by atoms with Crippen LogP contribution in [0.2, 0.25) is 0 Å². The monoisotopic (exact) mass is 504 g/mol. The second kappa shape index (κ2) is 12.3. The Kier molecular flexibility index (Phi) is 9.10. The first kappa shape index (κ1) is 26.7. The summed E-state index contributed by atoms with van der Waals surface area (Å²) in [5.74, 6) is -3.03. The van der Waals surface area contributed by atoms with Crippen LogP contribution in [0.3, 0.4) is 0 Å². The molecule has 0 aromatic heterocycles. The van der Waals surface area contributed by atoms with E-state index in [0.29, 0.717) is 24.2 Å². The van der Waals surface area contributed by atoms with Gasteiger partial charge in [0.05, 0.1) is 19.3 Å². The number of rotatable bonds is 8. The highest BCUT2D eigenvalue weighted by molar-refractivity contribution is 5.66. The van der Waals surface area contributed by atoms with Crippen molar-refractivity contribution in [2.24, 2.45) is 17.8 Å². The average molecular weight is 505 g/mol. The van der Waals surface area contributed by atoms with E-state index in [9.17, 15) is 17.6 Å². The molecule has 1 aliphatic heterocycles. The molecule has 2 aliphatic rings. The first-order valence-electron chi connectivity index (χ1n) is 13.2. The fraction of sp³-hybridized carbons (Fsp3) is 0.533. The smallest absolute Gasteiger partial charge is 0.201 e. The lowest BCUT2D eigenvalue weighted by Gasteiger charge is -2.37. The fourth-order valence-corrected chi connectivity index (χ4v) is 5.84. The van der Waals surface area contributed by atoms with Crippen LogP contribution < -0.4 is 4.74 Å². The van der Waals surface area contributed by atoms with Gasteiger partial charge >= 0.3 is 0 Å². The summed E-state index contributed by atoms with van der Waals surface area (Å²) in [6, 6.07) is 5.29. The summed E-state index contributed by atoms with van der Waals surface area (Å²) in [6.07, 6.45) is 12.5.